The van der Waals surface area contributed by atoms with Crippen molar-refractivity contribution in [3.05, 3.63) is 0 Å². The Morgan fingerprint density at radius 1 is 1.36 bits per heavy atom. The molecule has 0 bridgehead atoms. The van der Waals surface area contributed by atoms with Crippen LogP contribution in [0.4, 0.5) is 4.79 Å². The Bertz CT molecular complexity index is 167. The lowest BCUT2D eigenvalue weighted by Gasteiger charge is -2.12. The highest BCUT2D eigenvalue weighted by molar-refractivity contribution is 5.96. The average Bonchev–Trinajstić information content (AvgIpc) is 1.84. The van der Waals surface area contributed by atoms with Gasteiger partial charge in [0.05, 0.1) is 6.04 Å². The van der Waals surface area contributed by atoms with Gasteiger partial charge in [-0.25, -0.2) is 4.79 Å². The third kappa shape index (κ3) is 3.57. The summed E-state index contributed by atoms with van der Waals surface area (Å²) in [6, 6.07) is -1.55. The van der Waals surface area contributed by atoms with Gasteiger partial charge in [0.25, 0.3) is 0 Å². The molecule has 0 rings (SSSR count). The summed E-state index contributed by atoms with van der Waals surface area (Å²) in [4.78, 5) is 21.0. The van der Waals surface area contributed by atoms with Crippen molar-refractivity contribution in [1.82, 2.24) is 5.32 Å². The third-order valence-electron chi connectivity index (χ3n) is 1.27. The van der Waals surface area contributed by atoms with Crippen LogP contribution in [0.25, 0.3) is 0 Å². The molecule has 5 nitrogen and oxygen atoms in total. The zero-order chi connectivity index (χ0) is 9.02. The molecule has 11 heavy (non-hydrogen) atoms. The van der Waals surface area contributed by atoms with Crippen molar-refractivity contribution in [2.75, 3.05) is 0 Å². The van der Waals surface area contributed by atoms with Gasteiger partial charge in [-0.3, -0.25) is 10.1 Å². The molecule has 0 aliphatic rings. The van der Waals surface area contributed by atoms with E-state index in [1.807, 2.05) is 5.32 Å². The summed E-state index contributed by atoms with van der Waals surface area (Å²) in [5.74, 6) is -0.540. The predicted molar refractivity (Wildman–Crippen MR) is 40.5 cm³/mol. The fourth-order valence-electron chi connectivity index (χ4n) is 0.508. The van der Waals surface area contributed by atoms with E-state index in [9.17, 15) is 9.59 Å². The van der Waals surface area contributed by atoms with Gasteiger partial charge in [0.15, 0.2) is 0 Å². The molecule has 0 unspecified atom stereocenters. The number of carbonyl (C=O) groups is 2. The normalized spacial score (nSPS) is 12.7. The molecular formula is C6H13N3O2. The fraction of sp³-hybridized carbons (Fsp3) is 0.667. The van der Waals surface area contributed by atoms with Crippen LogP contribution >= 0.6 is 0 Å². The topological polar surface area (TPSA) is 98.2 Å². The largest absolute Gasteiger partial charge is 0.351 e. The number of amides is 3. The Morgan fingerprint density at radius 3 is 2.09 bits per heavy atom. The van der Waals surface area contributed by atoms with Gasteiger partial charge < -0.3 is 11.5 Å². The van der Waals surface area contributed by atoms with E-state index < -0.39 is 18.0 Å². The van der Waals surface area contributed by atoms with Gasteiger partial charge in [0, 0.05) is 0 Å². The molecule has 64 valence electrons. The molecule has 0 saturated carbocycles. The Morgan fingerprint density at radius 2 is 1.82 bits per heavy atom. The Balaban J connectivity index is 3.93. The second-order valence-electron chi connectivity index (χ2n) is 2.62. The van der Waals surface area contributed by atoms with Crippen LogP contribution in [-0.4, -0.2) is 18.0 Å². The first kappa shape index (κ1) is 9.90. The molecule has 3 amide bonds. The van der Waals surface area contributed by atoms with E-state index in [0.717, 1.165) is 0 Å². The van der Waals surface area contributed by atoms with Crippen LogP contribution in [-0.2, 0) is 4.79 Å². The van der Waals surface area contributed by atoms with Crippen LogP contribution in [0, 0.1) is 5.92 Å². The Kier molecular flexibility index (Phi) is 3.53. The molecule has 0 aliphatic heterocycles. The molecule has 5 heteroatoms. The number of hydrogen-bond acceptors (Lipinski definition) is 3. The molecule has 0 aromatic rings. The molecule has 0 spiro atoms. The number of rotatable bonds is 2. The first-order chi connectivity index (χ1) is 4.95. The zero-order valence-electron chi connectivity index (χ0n) is 6.63. The van der Waals surface area contributed by atoms with E-state index >= 15 is 0 Å². The number of imide groups is 1. The Labute approximate surface area is 65.1 Å². The van der Waals surface area contributed by atoms with Gasteiger partial charge >= 0.3 is 6.03 Å². The summed E-state index contributed by atoms with van der Waals surface area (Å²) in [7, 11) is 0. The molecule has 0 aromatic heterocycles. The summed E-state index contributed by atoms with van der Waals surface area (Å²) < 4.78 is 0. The number of primary amides is 1. The van der Waals surface area contributed by atoms with Gasteiger partial charge in [0.2, 0.25) is 5.91 Å². The lowest BCUT2D eigenvalue weighted by atomic mass is 10.1. The lowest BCUT2D eigenvalue weighted by molar-refractivity contribution is -0.122. The number of nitrogens with one attached hydrogen (secondary N) is 1. The summed E-state index contributed by atoms with van der Waals surface area (Å²) in [6.45, 7) is 3.57. The maximum Gasteiger partial charge on any atom is 0.318 e. The molecule has 0 fully saturated rings. The van der Waals surface area contributed by atoms with Gasteiger partial charge in [0.1, 0.15) is 0 Å². The molecule has 0 aromatic carbocycles. The lowest BCUT2D eigenvalue weighted by Crippen LogP contribution is -2.47. The summed E-state index contributed by atoms with van der Waals surface area (Å²) in [5.41, 5.74) is 10.1. The minimum absolute atomic E-state index is 0.00523. The maximum absolute atomic E-state index is 10.9. The van der Waals surface area contributed by atoms with Crippen LogP contribution in [0.5, 0.6) is 0 Å². The first-order valence-electron chi connectivity index (χ1n) is 3.31. The summed E-state index contributed by atoms with van der Waals surface area (Å²) in [5, 5.41) is 1.90. The van der Waals surface area contributed by atoms with Gasteiger partial charge in [-0.1, -0.05) is 13.8 Å². The number of urea groups is 1. The SMILES string of the molecule is CC(C)[C@@H](N)C(=O)NC(N)=O. The molecule has 1 atom stereocenters. The van der Waals surface area contributed by atoms with Crippen molar-refractivity contribution in [2.45, 2.75) is 19.9 Å². The highest BCUT2D eigenvalue weighted by Gasteiger charge is 2.17. The van der Waals surface area contributed by atoms with Crippen molar-refractivity contribution < 1.29 is 9.59 Å². The van der Waals surface area contributed by atoms with Gasteiger partial charge in [-0.2, -0.15) is 0 Å². The van der Waals surface area contributed by atoms with Crippen molar-refractivity contribution in [1.29, 1.82) is 0 Å². The fourth-order valence-corrected chi connectivity index (χ4v) is 0.508. The second-order valence-corrected chi connectivity index (χ2v) is 2.62. The standard InChI is InChI=1S/C6H13N3O2/c1-3(2)4(7)5(10)9-6(8)11/h3-4H,7H2,1-2H3,(H3,8,9,10,11)/t4-/m1/s1. The highest BCUT2D eigenvalue weighted by Crippen LogP contribution is 1.96. The molecule has 0 radical (unpaired) electrons. The predicted octanol–water partition coefficient (Wildman–Crippen LogP) is -0.835. The molecular weight excluding hydrogens is 146 g/mol. The van der Waals surface area contributed by atoms with Crippen molar-refractivity contribution in [3.63, 3.8) is 0 Å². The minimum atomic E-state index is -0.869. The third-order valence-corrected chi connectivity index (χ3v) is 1.27. The van der Waals surface area contributed by atoms with E-state index in [4.69, 9.17) is 11.5 Å². The van der Waals surface area contributed by atoms with Crippen molar-refractivity contribution in [3.8, 4) is 0 Å². The maximum atomic E-state index is 10.9. The van der Waals surface area contributed by atoms with E-state index in [2.05, 4.69) is 0 Å². The molecule has 5 N–H and O–H groups in total. The van der Waals surface area contributed by atoms with E-state index in [0.29, 0.717) is 0 Å². The van der Waals surface area contributed by atoms with Crippen LogP contribution in [0.1, 0.15) is 13.8 Å². The quantitative estimate of drug-likeness (QED) is 0.490. The van der Waals surface area contributed by atoms with Crippen LogP contribution < -0.4 is 16.8 Å². The van der Waals surface area contributed by atoms with E-state index in [1.54, 1.807) is 13.8 Å². The molecule has 0 saturated heterocycles. The summed E-state index contributed by atoms with van der Waals surface area (Å²) in [6.07, 6.45) is 0. The van der Waals surface area contributed by atoms with Crippen molar-refractivity contribution in [2.24, 2.45) is 17.4 Å². The van der Waals surface area contributed by atoms with Crippen LogP contribution in [0.15, 0.2) is 0 Å². The average molecular weight is 159 g/mol. The van der Waals surface area contributed by atoms with Gasteiger partial charge in [-0.05, 0) is 5.92 Å². The zero-order valence-corrected chi connectivity index (χ0v) is 6.63. The molecule has 0 heterocycles. The van der Waals surface area contributed by atoms with E-state index in [-0.39, 0.29) is 5.92 Å². The van der Waals surface area contributed by atoms with E-state index in [1.165, 1.54) is 0 Å². The number of nitrogens with two attached hydrogens (primary N) is 2. The molecule has 0 aliphatic carbocycles. The van der Waals surface area contributed by atoms with Crippen LogP contribution in [0.3, 0.4) is 0 Å². The number of hydrogen-bond donors (Lipinski definition) is 3. The van der Waals surface area contributed by atoms with Crippen LogP contribution in [0.2, 0.25) is 0 Å². The van der Waals surface area contributed by atoms with Crippen molar-refractivity contribution >= 4 is 11.9 Å². The smallest absolute Gasteiger partial charge is 0.318 e. The monoisotopic (exact) mass is 159 g/mol. The minimum Gasteiger partial charge on any atom is -0.351 e. The second kappa shape index (κ2) is 3.92. The number of carbonyl (C=O) groups excluding carboxylic acids is 2. The summed E-state index contributed by atoms with van der Waals surface area (Å²) >= 11 is 0. The first-order valence-corrected chi connectivity index (χ1v) is 3.31. The highest BCUT2D eigenvalue weighted by atomic mass is 16.2. The van der Waals surface area contributed by atoms with Gasteiger partial charge in [-0.15, -0.1) is 0 Å². The Hall–Kier alpha value is -1.10.